The second-order valence-corrected chi connectivity index (χ2v) is 2.75. The molecule has 0 unspecified atom stereocenters. The third-order valence-electron chi connectivity index (χ3n) is 1.50. The number of benzene rings is 1. The van der Waals surface area contributed by atoms with Crippen molar-refractivity contribution in [3.8, 4) is 0 Å². The first kappa shape index (κ1) is 11.6. The van der Waals surface area contributed by atoms with Crippen molar-refractivity contribution in [1.29, 1.82) is 0 Å². The summed E-state index contributed by atoms with van der Waals surface area (Å²) in [7, 11) is 0. The first-order chi connectivity index (χ1) is 4.74. The molecular weight excluding hydrogens is 232 g/mol. The van der Waals surface area contributed by atoms with Crippen molar-refractivity contribution in [2.24, 2.45) is 0 Å². The normalized spacial score (nSPS) is 9.00. The summed E-state index contributed by atoms with van der Waals surface area (Å²) in [4.78, 5) is 0. The van der Waals surface area contributed by atoms with Crippen LogP contribution in [0.4, 0.5) is 0 Å². The van der Waals surface area contributed by atoms with E-state index in [0.717, 1.165) is 17.0 Å². The van der Waals surface area contributed by atoms with Gasteiger partial charge in [-0.25, -0.2) is 0 Å². The van der Waals surface area contributed by atoms with E-state index in [4.69, 9.17) is 11.6 Å². The molecule has 0 nitrogen and oxygen atoms in total. The molecule has 2 heteroatoms. The second kappa shape index (κ2) is 5.29. The molecule has 0 N–H and O–H groups in total. The van der Waals surface area contributed by atoms with E-state index >= 15 is 0 Å². The molecular formula is C9H10ClY-. The molecule has 1 aromatic carbocycles. The number of rotatable bonds is 1. The van der Waals surface area contributed by atoms with Crippen LogP contribution in [0.25, 0.3) is 0 Å². The fraction of sp³-hybridized carbons (Fsp3) is 0.333. The minimum absolute atomic E-state index is 0. The Morgan fingerprint density at radius 2 is 2.18 bits per heavy atom. The monoisotopic (exact) mass is 242 g/mol. The van der Waals surface area contributed by atoms with Gasteiger partial charge in [-0.05, 0) is 0 Å². The van der Waals surface area contributed by atoms with Crippen LogP contribution in [0.3, 0.4) is 0 Å². The maximum absolute atomic E-state index is 5.87. The maximum atomic E-state index is 5.87. The molecule has 57 valence electrons. The summed E-state index contributed by atoms with van der Waals surface area (Å²) in [6.45, 7) is 4.12. The predicted octanol–water partition coefficient (Wildman–Crippen LogP) is 3.01. The van der Waals surface area contributed by atoms with Gasteiger partial charge >= 0.3 is 0 Å². The summed E-state index contributed by atoms with van der Waals surface area (Å²) < 4.78 is 0. The van der Waals surface area contributed by atoms with E-state index in [1.165, 1.54) is 5.56 Å². The van der Waals surface area contributed by atoms with E-state index in [9.17, 15) is 0 Å². The standard InChI is InChI=1S/C9H10Cl.Y/c1-3-8-6-7(2)4-5-9(8)10;/h5-6H,3H2,1-2H3;/q-1;. The Balaban J connectivity index is 0.000001000. The van der Waals surface area contributed by atoms with Crippen molar-refractivity contribution in [2.45, 2.75) is 20.3 Å². The van der Waals surface area contributed by atoms with Gasteiger partial charge in [-0.3, -0.25) is 0 Å². The fourth-order valence-corrected chi connectivity index (χ4v) is 1.16. The van der Waals surface area contributed by atoms with Crippen molar-refractivity contribution >= 4 is 11.6 Å². The van der Waals surface area contributed by atoms with Gasteiger partial charge in [-0.2, -0.15) is 35.4 Å². The molecule has 0 spiro atoms. The average molecular weight is 243 g/mol. The quantitative estimate of drug-likeness (QED) is 0.664. The Hall–Kier alpha value is 0.614. The molecule has 0 aliphatic carbocycles. The van der Waals surface area contributed by atoms with Crippen LogP contribution in [0.5, 0.6) is 0 Å². The summed E-state index contributed by atoms with van der Waals surface area (Å²) in [5.41, 5.74) is 2.36. The van der Waals surface area contributed by atoms with Gasteiger partial charge < -0.3 is 0 Å². The van der Waals surface area contributed by atoms with Gasteiger partial charge in [0.1, 0.15) is 0 Å². The number of halogens is 1. The third kappa shape index (κ3) is 3.23. The Morgan fingerprint density at radius 1 is 1.55 bits per heavy atom. The summed E-state index contributed by atoms with van der Waals surface area (Å²) >= 11 is 5.87. The number of hydrogen-bond acceptors (Lipinski definition) is 0. The van der Waals surface area contributed by atoms with E-state index in [1.807, 2.05) is 13.0 Å². The van der Waals surface area contributed by atoms with Crippen molar-refractivity contribution in [2.75, 3.05) is 0 Å². The molecule has 0 aromatic heterocycles. The van der Waals surface area contributed by atoms with Gasteiger partial charge in [0, 0.05) is 32.7 Å². The van der Waals surface area contributed by atoms with Crippen molar-refractivity contribution in [3.05, 3.63) is 34.3 Å². The molecule has 11 heavy (non-hydrogen) atoms. The SMILES string of the molecule is CCc1cc(C)[c-]cc1Cl.[Y]. The van der Waals surface area contributed by atoms with Crippen LogP contribution in [0.15, 0.2) is 12.1 Å². The summed E-state index contributed by atoms with van der Waals surface area (Å²) in [5, 5.41) is 0.827. The fourth-order valence-electron chi connectivity index (χ4n) is 0.913. The van der Waals surface area contributed by atoms with E-state index < -0.39 is 0 Å². The van der Waals surface area contributed by atoms with Gasteiger partial charge in [0.05, 0.1) is 0 Å². The smallest absolute Gasteiger partial charge is 0 e. The van der Waals surface area contributed by atoms with Gasteiger partial charge in [-0.1, -0.05) is 25.3 Å². The number of hydrogen-bond donors (Lipinski definition) is 0. The predicted molar refractivity (Wildman–Crippen MR) is 44.4 cm³/mol. The molecule has 0 aliphatic rings. The molecule has 1 radical (unpaired) electrons. The van der Waals surface area contributed by atoms with Gasteiger partial charge in [0.25, 0.3) is 0 Å². The van der Waals surface area contributed by atoms with Gasteiger partial charge in [-0.15, -0.1) is 5.56 Å². The van der Waals surface area contributed by atoms with Crippen LogP contribution in [0.1, 0.15) is 18.1 Å². The minimum Gasteiger partial charge on any atom is -0.179 e. The Labute approximate surface area is 98.2 Å². The Morgan fingerprint density at radius 3 is 2.64 bits per heavy atom. The second-order valence-electron chi connectivity index (χ2n) is 2.34. The maximum Gasteiger partial charge on any atom is 0 e. The molecule has 0 saturated carbocycles. The van der Waals surface area contributed by atoms with Crippen LogP contribution in [-0.2, 0) is 39.1 Å². The first-order valence-corrected chi connectivity index (χ1v) is 3.78. The molecule has 1 aromatic rings. The van der Waals surface area contributed by atoms with Gasteiger partial charge in [0.2, 0.25) is 0 Å². The van der Waals surface area contributed by atoms with Crippen LogP contribution in [-0.4, -0.2) is 0 Å². The van der Waals surface area contributed by atoms with Crippen molar-refractivity contribution in [1.82, 2.24) is 0 Å². The molecule has 1 rings (SSSR count). The molecule has 0 saturated heterocycles. The summed E-state index contributed by atoms with van der Waals surface area (Å²) in [6, 6.07) is 6.94. The minimum atomic E-state index is 0. The molecule has 0 aliphatic heterocycles. The zero-order valence-electron chi connectivity index (χ0n) is 6.82. The molecule has 0 amide bonds. The molecule has 0 fully saturated rings. The van der Waals surface area contributed by atoms with Crippen LogP contribution < -0.4 is 0 Å². The zero-order valence-corrected chi connectivity index (χ0v) is 10.4. The molecule has 0 atom stereocenters. The largest absolute Gasteiger partial charge is 0.179 e. The van der Waals surface area contributed by atoms with E-state index in [2.05, 4.69) is 19.1 Å². The molecule has 0 heterocycles. The first-order valence-electron chi connectivity index (χ1n) is 3.40. The third-order valence-corrected chi connectivity index (χ3v) is 1.86. The van der Waals surface area contributed by atoms with Crippen molar-refractivity contribution < 1.29 is 32.7 Å². The van der Waals surface area contributed by atoms with Crippen LogP contribution >= 0.6 is 11.6 Å². The summed E-state index contributed by atoms with van der Waals surface area (Å²) in [5.74, 6) is 0. The topological polar surface area (TPSA) is 0 Å². The Kier molecular flexibility index (Phi) is 5.59. The number of aryl methyl sites for hydroxylation is 2. The van der Waals surface area contributed by atoms with Crippen molar-refractivity contribution in [3.63, 3.8) is 0 Å². The van der Waals surface area contributed by atoms with Gasteiger partial charge in [0.15, 0.2) is 0 Å². The molecule has 0 bridgehead atoms. The van der Waals surface area contributed by atoms with E-state index in [0.29, 0.717) is 0 Å². The Bertz CT molecular complexity index is 233. The van der Waals surface area contributed by atoms with E-state index in [-0.39, 0.29) is 32.7 Å². The van der Waals surface area contributed by atoms with E-state index in [1.54, 1.807) is 0 Å². The zero-order chi connectivity index (χ0) is 7.56. The average Bonchev–Trinajstić information content (AvgIpc) is 1.94. The van der Waals surface area contributed by atoms with Crippen LogP contribution in [0, 0.1) is 13.0 Å². The van der Waals surface area contributed by atoms with Crippen LogP contribution in [0.2, 0.25) is 5.02 Å². The summed E-state index contributed by atoms with van der Waals surface area (Å²) in [6.07, 6.45) is 0.994.